The minimum atomic E-state index is -1.30. The van der Waals surface area contributed by atoms with Crippen LogP contribution in [0.4, 0.5) is 0 Å². The number of carbonyl (C=O) groups is 2. The number of alkyl halides is 2. The van der Waals surface area contributed by atoms with E-state index in [9.17, 15) is 14.6 Å². The molecule has 184 valence electrons. The van der Waals surface area contributed by atoms with Crippen molar-refractivity contribution in [2.45, 2.75) is 25.6 Å². The average Bonchev–Trinajstić information content (AvgIpc) is 3.60. The third-order valence-electron chi connectivity index (χ3n) is 4.52. The molecule has 0 radical (unpaired) electrons. The second-order valence-electron chi connectivity index (χ2n) is 6.80. The molecule has 0 aliphatic heterocycles. The Labute approximate surface area is 219 Å². The monoisotopic (exact) mass is 596 g/mol. The van der Waals surface area contributed by atoms with Gasteiger partial charge in [-0.15, -0.1) is 6.58 Å². The second-order valence-corrected chi connectivity index (χ2v) is 8.10. The number of benzene rings is 1. The van der Waals surface area contributed by atoms with E-state index in [-0.39, 0.29) is 25.0 Å². The number of rotatable bonds is 10. The molecule has 10 heteroatoms. The molecule has 0 saturated heterocycles. The normalized spacial score (nSPS) is 17.9. The van der Waals surface area contributed by atoms with Crippen LogP contribution in [0.3, 0.4) is 0 Å². The zero-order valence-electron chi connectivity index (χ0n) is 19.5. The van der Waals surface area contributed by atoms with Gasteiger partial charge in [-0.2, -0.15) is 0 Å². The molecule has 1 fully saturated rings. The van der Waals surface area contributed by atoms with Gasteiger partial charge in [0.15, 0.2) is 0 Å². The summed E-state index contributed by atoms with van der Waals surface area (Å²) in [5.74, 6) is 0.743. The molecule has 1 aromatic carbocycles. The summed E-state index contributed by atoms with van der Waals surface area (Å²) in [6.07, 6.45) is 7.79. The maximum atomic E-state index is 11.5. The van der Waals surface area contributed by atoms with E-state index in [0.717, 1.165) is 16.2 Å². The quantitative estimate of drug-likeness (QED) is 0.139. The fraction of sp³-hybridized carbons (Fsp3) is 0.417. The molecule has 1 aromatic rings. The summed E-state index contributed by atoms with van der Waals surface area (Å²) in [6, 6.07) is 9.63. The van der Waals surface area contributed by atoms with Gasteiger partial charge in [-0.05, 0) is 31.7 Å². The molecule has 2 rings (SSSR count). The van der Waals surface area contributed by atoms with E-state index < -0.39 is 18.2 Å². The van der Waals surface area contributed by atoms with E-state index in [1.807, 2.05) is 30.3 Å². The third kappa shape index (κ3) is 11.8. The van der Waals surface area contributed by atoms with Crippen molar-refractivity contribution in [1.82, 2.24) is 0 Å². The van der Waals surface area contributed by atoms with Crippen LogP contribution in [0.25, 0.3) is 0 Å². The molecular formula is C24H31BBr2N2O5. The summed E-state index contributed by atoms with van der Waals surface area (Å²) in [5.41, 5.74) is 0.983. The van der Waals surface area contributed by atoms with Crippen LogP contribution in [0.15, 0.2) is 60.1 Å². The molecule has 7 nitrogen and oxygen atoms in total. The zero-order valence-corrected chi connectivity index (χ0v) is 22.7. The smallest absolute Gasteiger partial charge is 0.429 e. The van der Waals surface area contributed by atoms with Gasteiger partial charge < -0.3 is 14.5 Å². The molecule has 1 aliphatic rings. The standard InChI is InChI=1S/C11H13NO2.C9H12BNO3.C4H6Br2/c1-2-14-11(13)9-12-8-10-6-4-3-5-7-10;1-3-7-5-9(7,10(13)6-11)8(12)14-4-2;5-3-1-2-4-6/h3-8H,2,9H2,1H3;3,7,13H,1,4-5H2,2H3;1-2H,3-4H2/b;;2-1+. The topological polar surface area (TPSA) is 109 Å². The van der Waals surface area contributed by atoms with E-state index in [2.05, 4.69) is 55.6 Å². The van der Waals surface area contributed by atoms with Crippen LogP contribution in [-0.4, -0.2) is 60.5 Å². The number of esters is 2. The molecular weight excluding hydrogens is 567 g/mol. The van der Waals surface area contributed by atoms with Crippen molar-refractivity contribution < 1.29 is 24.1 Å². The van der Waals surface area contributed by atoms with Crippen molar-refractivity contribution >= 4 is 56.9 Å². The van der Waals surface area contributed by atoms with Crippen molar-refractivity contribution in [3.8, 4) is 5.97 Å². The van der Waals surface area contributed by atoms with E-state index in [1.54, 1.807) is 32.1 Å². The molecule has 0 bridgehead atoms. The van der Waals surface area contributed by atoms with Gasteiger partial charge in [0.25, 0.3) is 0 Å². The van der Waals surface area contributed by atoms with Crippen LogP contribution in [0.1, 0.15) is 25.8 Å². The first-order chi connectivity index (χ1) is 16.4. The lowest BCUT2D eigenvalue weighted by Gasteiger charge is -2.12. The van der Waals surface area contributed by atoms with Gasteiger partial charge in [0.2, 0.25) is 0 Å². The van der Waals surface area contributed by atoms with Crippen LogP contribution in [0.5, 0.6) is 0 Å². The highest BCUT2D eigenvalue weighted by Gasteiger charge is 2.67. The minimum Gasteiger partial charge on any atom is -0.466 e. The maximum absolute atomic E-state index is 11.5. The Bertz CT molecular complexity index is 840. The lowest BCUT2D eigenvalue weighted by Crippen LogP contribution is -2.31. The lowest BCUT2D eigenvalue weighted by atomic mass is 9.53. The number of halogens is 2. The molecule has 1 saturated carbocycles. The predicted molar refractivity (Wildman–Crippen MR) is 143 cm³/mol. The fourth-order valence-corrected chi connectivity index (χ4v) is 3.27. The van der Waals surface area contributed by atoms with Gasteiger partial charge in [-0.1, -0.05) is 80.4 Å². The predicted octanol–water partition coefficient (Wildman–Crippen LogP) is 4.54. The van der Waals surface area contributed by atoms with Crippen molar-refractivity contribution in [2.75, 3.05) is 30.4 Å². The number of hydrogen-bond acceptors (Lipinski definition) is 7. The SMILES string of the molecule is BrC/C=C/CBr.C=CC1CC1(B(O)C#N)C(=O)OCC.CCOC(=O)CN=Cc1ccccc1. The molecule has 0 spiro atoms. The lowest BCUT2D eigenvalue weighted by molar-refractivity contribution is -0.144. The van der Waals surface area contributed by atoms with Crippen LogP contribution in [0.2, 0.25) is 5.31 Å². The summed E-state index contributed by atoms with van der Waals surface area (Å²) in [7, 11) is 0. The minimum absolute atomic E-state index is 0.0860. The van der Waals surface area contributed by atoms with Crippen LogP contribution >= 0.6 is 31.9 Å². The first-order valence-corrected chi connectivity index (χ1v) is 13.0. The van der Waals surface area contributed by atoms with Gasteiger partial charge >= 0.3 is 18.9 Å². The highest BCUT2D eigenvalue weighted by molar-refractivity contribution is 9.09. The number of hydrogen-bond donors (Lipinski definition) is 1. The van der Waals surface area contributed by atoms with Crippen molar-refractivity contribution in [3.63, 3.8) is 0 Å². The highest BCUT2D eigenvalue weighted by atomic mass is 79.9. The fourth-order valence-electron chi connectivity index (χ4n) is 2.74. The van der Waals surface area contributed by atoms with Gasteiger partial charge in [0, 0.05) is 22.8 Å². The summed E-state index contributed by atoms with van der Waals surface area (Å²) in [5, 5.41) is 18.9. The van der Waals surface area contributed by atoms with Crippen LogP contribution in [-0.2, 0) is 19.1 Å². The Balaban J connectivity index is 0.000000521. The number of ether oxygens (including phenoxy) is 2. The number of allylic oxidation sites excluding steroid dienone is 3. The summed E-state index contributed by atoms with van der Waals surface area (Å²) >= 11 is 6.49. The molecule has 2 atom stereocenters. The van der Waals surface area contributed by atoms with Gasteiger partial charge in [-0.3, -0.25) is 14.6 Å². The Kier molecular flexibility index (Phi) is 17.9. The number of carbonyl (C=O) groups excluding carboxylic acids is 2. The van der Waals surface area contributed by atoms with Gasteiger partial charge in [-0.25, -0.2) is 5.26 Å². The molecule has 34 heavy (non-hydrogen) atoms. The van der Waals surface area contributed by atoms with E-state index in [0.29, 0.717) is 13.0 Å². The van der Waals surface area contributed by atoms with Crippen LogP contribution < -0.4 is 0 Å². The van der Waals surface area contributed by atoms with Crippen LogP contribution in [0, 0.1) is 17.1 Å². The number of nitriles is 1. The second kappa shape index (κ2) is 19.1. The Morgan fingerprint density at radius 1 is 1.24 bits per heavy atom. The third-order valence-corrected chi connectivity index (χ3v) is 5.27. The van der Waals surface area contributed by atoms with Crippen molar-refractivity contribution in [2.24, 2.45) is 10.9 Å². The first-order valence-electron chi connectivity index (χ1n) is 10.7. The maximum Gasteiger partial charge on any atom is 0.429 e. The molecule has 2 unspecified atom stereocenters. The van der Waals surface area contributed by atoms with Gasteiger partial charge in [0.1, 0.15) is 6.54 Å². The summed E-state index contributed by atoms with van der Waals surface area (Å²) in [4.78, 5) is 26.4. The first kappa shape index (κ1) is 31.8. The largest absolute Gasteiger partial charge is 0.466 e. The summed E-state index contributed by atoms with van der Waals surface area (Å²) in [6.45, 7) is 6.46. The molecule has 0 amide bonds. The zero-order chi connectivity index (χ0) is 25.8. The molecule has 1 N–H and O–H groups in total. The van der Waals surface area contributed by atoms with E-state index in [1.165, 1.54) is 0 Å². The van der Waals surface area contributed by atoms with E-state index >= 15 is 0 Å². The van der Waals surface area contributed by atoms with E-state index in [4.69, 9.17) is 14.7 Å². The Morgan fingerprint density at radius 2 is 1.82 bits per heavy atom. The summed E-state index contributed by atoms with van der Waals surface area (Å²) < 4.78 is 9.55. The van der Waals surface area contributed by atoms with Crippen molar-refractivity contribution in [3.05, 3.63) is 60.7 Å². The van der Waals surface area contributed by atoms with Gasteiger partial charge in [0.05, 0.1) is 18.5 Å². The Hall–Kier alpha value is -2.22. The molecule has 1 aliphatic carbocycles. The number of aliphatic imine (C=N–C) groups is 1. The Morgan fingerprint density at radius 3 is 2.26 bits per heavy atom. The molecule has 0 heterocycles. The average molecular weight is 598 g/mol. The number of nitrogens with zero attached hydrogens (tertiary/aromatic N) is 2. The van der Waals surface area contributed by atoms with Crippen molar-refractivity contribution in [1.29, 1.82) is 5.26 Å². The molecule has 0 aromatic heterocycles. The highest BCUT2D eigenvalue weighted by Crippen LogP contribution is 2.62.